The van der Waals surface area contributed by atoms with Gasteiger partial charge >= 0.3 is 0 Å². The first-order valence-corrected chi connectivity index (χ1v) is 7.60. The van der Waals surface area contributed by atoms with Gasteiger partial charge in [-0.3, -0.25) is 9.59 Å². The lowest BCUT2D eigenvalue weighted by Crippen LogP contribution is -2.19. The molecule has 2 amide bonds. The summed E-state index contributed by atoms with van der Waals surface area (Å²) in [6.45, 7) is 0.307. The summed E-state index contributed by atoms with van der Waals surface area (Å²) < 4.78 is 5.74. The molecule has 0 spiro atoms. The monoisotopic (exact) mass is 332 g/mol. The number of hydrogen-bond donors (Lipinski definition) is 2. The number of ether oxygens (including phenoxy) is 1. The Morgan fingerprint density at radius 3 is 2.48 bits per heavy atom. The van der Waals surface area contributed by atoms with Gasteiger partial charge in [0.25, 0.3) is 5.91 Å². The van der Waals surface area contributed by atoms with Gasteiger partial charge in [-0.15, -0.1) is 11.6 Å². The molecule has 0 heterocycles. The van der Waals surface area contributed by atoms with E-state index < -0.39 is 5.91 Å². The molecule has 2 aromatic rings. The van der Waals surface area contributed by atoms with Crippen LogP contribution in [0.3, 0.4) is 0 Å². The van der Waals surface area contributed by atoms with Crippen molar-refractivity contribution in [1.29, 1.82) is 0 Å². The molecule has 23 heavy (non-hydrogen) atoms. The second-order valence-corrected chi connectivity index (χ2v) is 5.18. The van der Waals surface area contributed by atoms with Crippen molar-refractivity contribution in [1.82, 2.24) is 0 Å². The largest absolute Gasteiger partial charge is 0.487 e. The number of rotatable bonds is 7. The minimum absolute atomic E-state index is 0.132. The van der Waals surface area contributed by atoms with Gasteiger partial charge in [0.2, 0.25) is 5.91 Å². The predicted molar refractivity (Wildman–Crippen MR) is 89.7 cm³/mol. The molecule has 2 aromatic carbocycles. The molecule has 0 atom stereocenters. The highest BCUT2D eigenvalue weighted by molar-refractivity contribution is 6.19. The Kier molecular flexibility index (Phi) is 6.00. The van der Waals surface area contributed by atoms with E-state index in [0.29, 0.717) is 12.4 Å². The number of amides is 2. The Bertz CT molecular complexity index is 689. The van der Waals surface area contributed by atoms with Crippen molar-refractivity contribution in [3.63, 3.8) is 0 Å². The predicted octanol–water partition coefficient (Wildman–Crippen LogP) is 2.93. The number of benzene rings is 2. The summed E-state index contributed by atoms with van der Waals surface area (Å²) in [6, 6.07) is 14.4. The van der Waals surface area contributed by atoms with Crippen LogP contribution in [0, 0.1) is 0 Å². The summed E-state index contributed by atoms with van der Waals surface area (Å²) >= 11 is 5.56. The van der Waals surface area contributed by atoms with Gasteiger partial charge in [-0.2, -0.15) is 0 Å². The lowest BCUT2D eigenvalue weighted by molar-refractivity contribution is -0.115. The Balaban J connectivity index is 2.24. The first kappa shape index (κ1) is 16.8. The highest BCUT2D eigenvalue weighted by atomic mass is 35.5. The Hall–Kier alpha value is -2.53. The zero-order valence-electron chi connectivity index (χ0n) is 12.4. The van der Waals surface area contributed by atoms with E-state index in [-0.39, 0.29) is 29.5 Å². The van der Waals surface area contributed by atoms with Crippen LogP contribution >= 0.6 is 11.6 Å². The number of primary amides is 1. The number of carbonyl (C=O) groups is 2. The van der Waals surface area contributed by atoms with Crippen molar-refractivity contribution in [3.8, 4) is 5.75 Å². The third kappa shape index (κ3) is 4.72. The summed E-state index contributed by atoms with van der Waals surface area (Å²) in [5, 5.41) is 2.65. The highest BCUT2D eigenvalue weighted by Gasteiger charge is 2.16. The van der Waals surface area contributed by atoms with E-state index in [1.807, 2.05) is 30.3 Å². The molecule has 0 bridgehead atoms. The fourth-order valence-electron chi connectivity index (χ4n) is 2.01. The van der Waals surface area contributed by atoms with E-state index in [2.05, 4.69) is 5.32 Å². The van der Waals surface area contributed by atoms with Crippen LogP contribution in [-0.4, -0.2) is 17.7 Å². The van der Waals surface area contributed by atoms with Crippen molar-refractivity contribution in [2.45, 2.75) is 13.0 Å². The standard InChI is InChI=1S/C17H17ClN2O3/c18-10-9-15(21)20-16-13(17(19)22)7-4-8-14(16)23-11-12-5-2-1-3-6-12/h1-8H,9-11H2,(H2,19,22)(H,20,21). The second-order valence-electron chi connectivity index (χ2n) is 4.80. The van der Waals surface area contributed by atoms with Gasteiger partial charge in [0.15, 0.2) is 0 Å². The molecule has 0 radical (unpaired) electrons. The van der Waals surface area contributed by atoms with Crippen LogP contribution in [0.25, 0.3) is 0 Å². The number of para-hydroxylation sites is 1. The van der Waals surface area contributed by atoms with Crippen LogP contribution in [0.1, 0.15) is 22.3 Å². The summed E-state index contributed by atoms with van der Waals surface area (Å²) in [6.07, 6.45) is 0.132. The van der Waals surface area contributed by atoms with E-state index in [0.717, 1.165) is 5.56 Å². The molecule has 0 aromatic heterocycles. The lowest BCUT2D eigenvalue weighted by Gasteiger charge is -2.15. The molecule has 0 aliphatic carbocycles. The van der Waals surface area contributed by atoms with Gasteiger partial charge < -0.3 is 15.8 Å². The molecule has 120 valence electrons. The molecular weight excluding hydrogens is 316 g/mol. The Morgan fingerprint density at radius 1 is 1.09 bits per heavy atom. The summed E-state index contributed by atoms with van der Waals surface area (Å²) in [5.74, 6) is -0.382. The zero-order valence-corrected chi connectivity index (χ0v) is 13.2. The minimum Gasteiger partial charge on any atom is -0.487 e. The first-order chi connectivity index (χ1) is 11.1. The first-order valence-electron chi connectivity index (χ1n) is 7.07. The summed E-state index contributed by atoms with van der Waals surface area (Å²) in [4.78, 5) is 23.4. The molecule has 3 N–H and O–H groups in total. The smallest absolute Gasteiger partial charge is 0.250 e. The molecular formula is C17H17ClN2O3. The maximum atomic E-state index is 11.8. The molecule has 0 aliphatic rings. The third-order valence-electron chi connectivity index (χ3n) is 3.11. The highest BCUT2D eigenvalue weighted by Crippen LogP contribution is 2.29. The molecule has 0 fully saturated rings. The third-order valence-corrected chi connectivity index (χ3v) is 3.30. The lowest BCUT2D eigenvalue weighted by atomic mass is 10.1. The van der Waals surface area contributed by atoms with Gasteiger partial charge in [0, 0.05) is 12.3 Å². The molecule has 0 saturated carbocycles. The summed E-state index contributed by atoms with van der Waals surface area (Å²) in [7, 11) is 0. The van der Waals surface area contributed by atoms with Crippen LogP contribution in [0.4, 0.5) is 5.69 Å². The maximum Gasteiger partial charge on any atom is 0.250 e. The van der Waals surface area contributed by atoms with Crippen LogP contribution in [0.15, 0.2) is 48.5 Å². The van der Waals surface area contributed by atoms with Crippen molar-refractivity contribution >= 4 is 29.1 Å². The van der Waals surface area contributed by atoms with Crippen molar-refractivity contribution < 1.29 is 14.3 Å². The minimum atomic E-state index is -0.642. The number of hydrogen-bond acceptors (Lipinski definition) is 3. The molecule has 6 heteroatoms. The topological polar surface area (TPSA) is 81.4 Å². The molecule has 5 nitrogen and oxygen atoms in total. The van der Waals surface area contributed by atoms with Gasteiger partial charge in [-0.1, -0.05) is 36.4 Å². The van der Waals surface area contributed by atoms with Gasteiger partial charge in [-0.05, 0) is 17.7 Å². The maximum absolute atomic E-state index is 11.8. The molecule has 0 unspecified atom stereocenters. The van der Waals surface area contributed by atoms with Crippen molar-refractivity contribution in [3.05, 3.63) is 59.7 Å². The van der Waals surface area contributed by atoms with Crippen LogP contribution in [0.2, 0.25) is 0 Å². The van der Waals surface area contributed by atoms with Crippen molar-refractivity contribution in [2.24, 2.45) is 5.73 Å². The fraction of sp³-hybridized carbons (Fsp3) is 0.176. The zero-order chi connectivity index (χ0) is 16.7. The van der Waals surface area contributed by atoms with E-state index in [1.54, 1.807) is 12.1 Å². The summed E-state index contributed by atoms with van der Waals surface area (Å²) in [5.41, 5.74) is 6.80. The van der Waals surface area contributed by atoms with E-state index in [9.17, 15) is 9.59 Å². The average Bonchev–Trinajstić information content (AvgIpc) is 2.54. The quantitative estimate of drug-likeness (QED) is 0.765. The number of nitrogens with one attached hydrogen (secondary N) is 1. The Labute approximate surface area is 139 Å². The normalized spacial score (nSPS) is 10.1. The van der Waals surface area contributed by atoms with E-state index in [4.69, 9.17) is 22.1 Å². The number of alkyl halides is 1. The van der Waals surface area contributed by atoms with Gasteiger partial charge in [0.1, 0.15) is 12.4 Å². The van der Waals surface area contributed by atoms with Crippen molar-refractivity contribution in [2.75, 3.05) is 11.2 Å². The van der Waals surface area contributed by atoms with Crippen LogP contribution < -0.4 is 15.8 Å². The number of nitrogens with two attached hydrogens (primary N) is 1. The van der Waals surface area contributed by atoms with E-state index in [1.165, 1.54) is 6.07 Å². The molecule has 0 aliphatic heterocycles. The van der Waals surface area contributed by atoms with Crippen LogP contribution in [-0.2, 0) is 11.4 Å². The average molecular weight is 333 g/mol. The van der Waals surface area contributed by atoms with Gasteiger partial charge in [-0.25, -0.2) is 0 Å². The van der Waals surface area contributed by atoms with Gasteiger partial charge in [0.05, 0.1) is 11.3 Å². The second kappa shape index (κ2) is 8.19. The fourth-order valence-corrected chi connectivity index (χ4v) is 2.18. The Morgan fingerprint density at radius 2 is 1.83 bits per heavy atom. The number of anilines is 1. The molecule has 2 rings (SSSR count). The number of carbonyl (C=O) groups excluding carboxylic acids is 2. The molecule has 0 saturated heterocycles. The van der Waals surface area contributed by atoms with E-state index >= 15 is 0 Å². The SMILES string of the molecule is NC(=O)c1cccc(OCc2ccccc2)c1NC(=O)CCCl. The number of halogens is 1. The van der Waals surface area contributed by atoms with Crippen LogP contribution in [0.5, 0.6) is 5.75 Å².